The molecule has 2 fully saturated rings. The summed E-state index contributed by atoms with van der Waals surface area (Å²) in [5.41, 5.74) is 1.00. The van der Waals surface area contributed by atoms with Gasteiger partial charge in [0.2, 0.25) is 5.91 Å². The van der Waals surface area contributed by atoms with Crippen molar-refractivity contribution in [2.45, 2.75) is 49.8 Å². The number of hydrogen-bond acceptors (Lipinski definition) is 7. The Balaban J connectivity index is 1.59. The monoisotopic (exact) mass is 353 g/mol. The molecule has 138 valence electrons. The molecule has 0 bridgehead atoms. The van der Waals surface area contributed by atoms with Crippen LogP contribution in [0.25, 0.3) is 0 Å². The van der Waals surface area contributed by atoms with Crippen LogP contribution in [-0.2, 0) is 20.8 Å². The summed E-state index contributed by atoms with van der Waals surface area (Å²) in [6.07, 6.45) is -6.99. The molecule has 3 rings (SSSR count). The van der Waals surface area contributed by atoms with Crippen molar-refractivity contribution in [3.63, 3.8) is 0 Å². The van der Waals surface area contributed by atoms with E-state index in [-0.39, 0.29) is 12.3 Å². The van der Waals surface area contributed by atoms with E-state index < -0.39 is 43.4 Å². The highest BCUT2D eigenvalue weighted by Gasteiger charge is 2.45. The van der Waals surface area contributed by atoms with Crippen molar-refractivity contribution in [3.05, 3.63) is 35.9 Å². The number of aliphatic hydroxyl groups is 4. The highest BCUT2D eigenvalue weighted by atomic mass is 16.7. The van der Waals surface area contributed by atoms with Gasteiger partial charge in [0.25, 0.3) is 0 Å². The second kappa shape index (κ2) is 7.77. The van der Waals surface area contributed by atoms with Crippen molar-refractivity contribution in [3.8, 4) is 0 Å². The number of carbonyl (C=O) groups excluding carboxylic acids is 1. The van der Waals surface area contributed by atoms with E-state index in [0.29, 0.717) is 13.1 Å². The third-order valence-electron chi connectivity index (χ3n) is 4.57. The third kappa shape index (κ3) is 4.00. The van der Waals surface area contributed by atoms with Gasteiger partial charge in [0.05, 0.1) is 19.1 Å². The summed E-state index contributed by atoms with van der Waals surface area (Å²) < 4.78 is 11.0. The van der Waals surface area contributed by atoms with Crippen LogP contribution in [0, 0.1) is 0 Å². The Morgan fingerprint density at radius 3 is 2.52 bits per heavy atom. The second-order valence-corrected chi connectivity index (χ2v) is 6.42. The predicted octanol–water partition coefficient (Wildman–Crippen LogP) is -1.40. The summed E-state index contributed by atoms with van der Waals surface area (Å²) in [7, 11) is 0. The van der Waals surface area contributed by atoms with E-state index >= 15 is 0 Å². The molecule has 8 heteroatoms. The average Bonchev–Trinajstić information content (AvgIpc) is 2.95. The van der Waals surface area contributed by atoms with Crippen molar-refractivity contribution in [1.29, 1.82) is 0 Å². The summed E-state index contributed by atoms with van der Waals surface area (Å²) in [5, 5.41) is 38.8. The van der Waals surface area contributed by atoms with Crippen LogP contribution in [0.2, 0.25) is 0 Å². The van der Waals surface area contributed by atoms with Gasteiger partial charge in [-0.3, -0.25) is 4.79 Å². The van der Waals surface area contributed by atoms with Gasteiger partial charge in [-0.15, -0.1) is 0 Å². The molecule has 1 aromatic carbocycles. The molecule has 2 heterocycles. The molecule has 2 aliphatic rings. The number of aliphatic hydroxyl groups excluding tert-OH is 4. The molecular weight excluding hydrogens is 330 g/mol. The normalized spacial score (nSPS) is 36.0. The van der Waals surface area contributed by atoms with Gasteiger partial charge in [0, 0.05) is 13.1 Å². The maximum Gasteiger partial charge on any atom is 0.225 e. The lowest BCUT2D eigenvalue weighted by Gasteiger charge is -2.40. The van der Waals surface area contributed by atoms with Gasteiger partial charge in [0.1, 0.15) is 24.4 Å². The molecule has 25 heavy (non-hydrogen) atoms. The number of hydrogen-bond donors (Lipinski definition) is 4. The smallest absolute Gasteiger partial charge is 0.225 e. The van der Waals surface area contributed by atoms with Crippen LogP contribution in [0.3, 0.4) is 0 Å². The second-order valence-electron chi connectivity index (χ2n) is 6.42. The number of ether oxygens (including phenoxy) is 2. The fourth-order valence-corrected chi connectivity index (χ4v) is 3.15. The molecule has 0 spiro atoms. The summed E-state index contributed by atoms with van der Waals surface area (Å²) in [5.74, 6) is -0.0709. The first-order valence-electron chi connectivity index (χ1n) is 8.27. The Hall–Kier alpha value is -1.55. The number of likely N-dealkylation sites (tertiary alicyclic amines) is 1. The molecule has 6 atom stereocenters. The Morgan fingerprint density at radius 1 is 1.12 bits per heavy atom. The van der Waals surface area contributed by atoms with Gasteiger partial charge in [-0.1, -0.05) is 30.3 Å². The maximum atomic E-state index is 12.2. The molecule has 4 N–H and O–H groups in total. The zero-order valence-corrected chi connectivity index (χ0v) is 13.6. The molecule has 1 amide bonds. The number of rotatable bonds is 5. The van der Waals surface area contributed by atoms with Crippen molar-refractivity contribution in [1.82, 2.24) is 4.90 Å². The fraction of sp³-hybridized carbons (Fsp3) is 0.588. The first-order valence-corrected chi connectivity index (χ1v) is 8.27. The largest absolute Gasteiger partial charge is 0.394 e. The van der Waals surface area contributed by atoms with E-state index in [4.69, 9.17) is 9.47 Å². The molecule has 2 saturated heterocycles. The lowest BCUT2D eigenvalue weighted by Crippen LogP contribution is -2.59. The van der Waals surface area contributed by atoms with Crippen LogP contribution >= 0.6 is 0 Å². The minimum Gasteiger partial charge on any atom is -0.394 e. The molecule has 0 saturated carbocycles. The minimum atomic E-state index is -1.49. The van der Waals surface area contributed by atoms with Crippen LogP contribution < -0.4 is 0 Å². The van der Waals surface area contributed by atoms with E-state index in [1.54, 1.807) is 4.90 Å². The Kier molecular flexibility index (Phi) is 5.67. The fourth-order valence-electron chi connectivity index (χ4n) is 3.15. The lowest BCUT2D eigenvalue weighted by molar-refractivity contribution is -0.310. The highest BCUT2D eigenvalue weighted by molar-refractivity contribution is 5.79. The SMILES string of the molecule is O=C1C[C@H](O[C@H]2O[C@H](CO)[C@@H](O)[C@H](O)[C@H]2O)CN1Cc1ccccc1. The summed E-state index contributed by atoms with van der Waals surface area (Å²) in [4.78, 5) is 13.8. The summed E-state index contributed by atoms with van der Waals surface area (Å²) >= 11 is 0. The molecule has 8 nitrogen and oxygen atoms in total. The van der Waals surface area contributed by atoms with Gasteiger partial charge >= 0.3 is 0 Å². The van der Waals surface area contributed by atoms with Crippen molar-refractivity contribution >= 4 is 5.91 Å². The van der Waals surface area contributed by atoms with E-state index in [2.05, 4.69) is 0 Å². The quantitative estimate of drug-likeness (QED) is 0.514. The average molecular weight is 353 g/mol. The van der Waals surface area contributed by atoms with E-state index in [9.17, 15) is 25.2 Å². The Bertz CT molecular complexity index is 582. The number of benzene rings is 1. The molecule has 0 unspecified atom stereocenters. The number of amides is 1. The first-order chi connectivity index (χ1) is 12.0. The van der Waals surface area contributed by atoms with Crippen molar-refractivity contribution in [2.75, 3.05) is 13.2 Å². The van der Waals surface area contributed by atoms with Gasteiger partial charge in [-0.2, -0.15) is 0 Å². The van der Waals surface area contributed by atoms with Gasteiger partial charge in [-0.25, -0.2) is 0 Å². The Labute approximate surface area is 145 Å². The predicted molar refractivity (Wildman–Crippen MR) is 85.1 cm³/mol. The third-order valence-corrected chi connectivity index (χ3v) is 4.57. The van der Waals surface area contributed by atoms with Crippen molar-refractivity contribution < 1.29 is 34.7 Å². The molecule has 0 aromatic heterocycles. The van der Waals surface area contributed by atoms with Crippen LogP contribution in [0.4, 0.5) is 0 Å². The molecule has 2 aliphatic heterocycles. The maximum absolute atomic E-state index is 12.2. The van der Waals surface area contributed by atoms with E-state index in [1.807, 2.05) is 30.3 Å². The number of carbonyl (C=O) groups is 1. The Morgan fingerprint density at radius 2 is 1.84 bits per heavy atom. The van der Waals surface area contributed by atoms with Crippen LogP contribution in [0.5, 0.6) is 0 Å². The lowest BCUT2D eigenvalue weighted by atomic mass is 9.99. The van der Waals surface area contributed by atoms with Gasteiger partial charge in [0.15, 0.2) is 6.29 Å². The van der Waals surface area contributed by atoms with Crippen LogP contribution in [-0.4, -0.2) is 81.2 Å². The molecular formula is C17H23NO7. The van der Waals surface area contributed by atoms with Crippen molar-refractivity contribution in [2.24, 2.45) is 0 Å². The zero-order valence-electron chi connectivity index (χ0n) is 13.6. The molecule has 1 aromatic rings. The van der Waals surface area contributed by atoms with E-state index in [1.165, 1.54) is 0 Å². The van der Waals surface area contributed by atoms with Crippen LogP contribution in [0.1, 0.15) is 12.0 Å². The summed E-state index contributed by atoms with van der Waals surface area (Å²) in [6, 6.07) is 9.56. The molecule has 0 aliphatic carbocycles. The minimum absolute atomic E-state index is 0.0709. The number of nitrogens with zero attached hydrogens (tertiary/aromatic N) is 1. The zero-order chi connectivity index (χ0) is 18.0. The van der Waals surface area contributed by atoms with Crippen LogP contribution in [0.15, 0.2) is 30.3 Å². The highest BCUT2D eigenvalue weighted by Crippen LogP contribution is 2.26. The van der Waals surface area contributed by atoms with Gasteiger partial charge < -0.3 is 34.8 Å². The standard InChI is InChI=1S/C17H23NO7/c19-9-12-14(21)15(22)16(23)17(25-12)24-11-6-13(20)18(8-11)7-10-4-2-1-3-5-10/h1-5,11-12,14-17,19,21-23H,6-9H2/t11-,12+,14+,15-,16+,17-/m0/s1. The van der Waals surface area contributed by atoms with E-state index in [0.717, 1.165) is 5.56 Å². The molecule has 0 radical (unpaired) electrons. The topological polar surface area (TPSA) is 120 Å². The first kappa shape index (κ1) is 18.2. The summed E-state index contributed by atoms with van der Waals surface area (Å²) in [6.45, 7) is 0.283. The van der Waals surface area contributed by atoms with Gasteiger partial charge in [-0.05, 0) is 5.56 Å².